The van der Waals surface area contributed by atoms with Gasteiger partial charge in [-0.2, -0.15) is 0 Å². The summed E-state index contributed by atoms with van der Waals surface area (Å²) in [5, 5.41) is 2.66. The van der Waals surface area contributed by atoms with Gasteiger partial charge in [-0.15, -0.1) is 0 Å². The van der Waals surface area contributed by atoms with Gasteiger partial charge in [0.05, 0.1) is 26.4 Å². The second-order valence-electron chi connectivity index (χ2n) is 6.78. The molecule has 2 N–H and O–H groups in total. The van der Waals surface area contributed by atoms with Crippen molar-refractivity contribution in [3.63, 3.8) is 0 Å². The molecule has 1 aromatic heterocycles. The van der Waals surface area contributed by atoms with Crippen LogP contribution in [0.5, 0.6) is 11.5 Å². The number of carbonyl (C=O) groups excluding carboxylic acids is 3. The number of Topliss-reactive ketones (excluding diaryl/α,β-unsaturated/α-hetero) is 1. The molecule has 0 saturated heterocycles. The monoisotopic (exact) mass is 416 g/mol. The van der Waals surface area contributed by atoms with Crippen molar-refractivity contribution in [2.45, 2.75) is 40.2 Å². The van der Waals surface area contributed by atoms with Gasteiger partial charge in [-0.25, -0.2) is 4.79 Å². The quantitative estimate of drug-likeness (QED) is 0.369. The lowest BCUT2D eigenvalue weighted by atomic mass is 9.97. The highest BCUT2D eigenvalue weighted by Gasteiger charge is 2.30. The van der Waals surface area contributed by atoms with E-state index in [9.17, 15) is 14.4 Å². The number of ketones is 1. The van der Waals surface area contributed by atoms with Crippen LogP contribution in [-0.2, 0) is 9.53 Å². The number of aromatic amines is 1. The molecule has 0 saturated carbocycles. The molecule has 8 heteroatoms. The minimum absolute atomic E-state index is 0.0172. The van der Waals surface area contributed by atoms with Crippen LogP contribution in [0.4, 0.5) is 0 Å². The van der Waals surface area contributed by atoms with Gasteiger partial charge in [-0.1, -0.05) is 13.0 Å². The minimum Gasteiger partial charge on any atom is -0.493 e. The van der Waals surface area contributed by atoms with Crippen molar-refractivity contribution in [3.05, 3.63) is 35.2 Å². The summed E-state index contributed by atoms with van der Waals surface area (Å²) >= 11 is 0. The number of benzene rings is 1. The van der Waals surface area contributed by atoms with Gasteiger partial charge < -0.3 is 24.5 Å². The van der Waals surface area contributed by atoms with Crippen molar-refractivity contribution < 1.29 is 28.6 Å². The van der Waals surface area contributed by atoms with E-state index in [-0.39, 0.29) is 29.5 Å². The molecule has 0 aliphatic carbocycles. The summed E-state index contributed by atoms with van der Waals surface area (Å²) < 4.78 is 15.8. The number of rotatable bonds is 9. The SMILES string of the molecule is CCOC(=O)c1c(C)[nH]c(C(=O)C(=O)N[C@@H](C)CC)c1-c1ccc(OC)c(OC)c1. The van der Waals surface area contributed by atoms with E-state index in [1.165, 1.54) is 14.2 Å². The lowest BCUT2D eigenvalue weighted by molar-refractivity contribution is -0.117. The van der Waals surface area contributed by atoms with Gasteiger partial charge in [-0.3, -0.25) is 9.59 Å². The van der Waals surface area contributed by atoms with Crippen LogP contribution in [0.25, 0.3) is 11.1 Å². The number of amides is 1. The number of nitrogens with one attached hydrogen (secondary N) is 2. The smallest absolute Gasteiger partial charge is 0.340 e. The highest BCUT2D eigenvalue weighted by atomic mass is 16.5. The molecule has 1 aromatic carbocycles. The van der Waals surface area contributed by atoms with Crippen molar-refractivity contribution in [1.29, 1.82) is 0 Å². The van der Waals surface area contributed by atoms with Crippen molar-refractivity contribution in [1.82, 2.24) is 10.3 Å². The molecule has 30 heavy (non-hydrogen) atoms. The molecule has 0 fully saturated rings. The standard InChI is InChI=1S/C22H28N2O6/c1-7-12(3)23-21(26)20(25)19-18(17(13(4)24-19)22(27)30-8-2)14-9-10-15(28-5)16(11-14)29-6/h9-12,24H,7-8H2,1-6H3,(H,23,26)/t12-/m0/s1. The number of hydrogen-bond acceptors (Lipinski definition) is 6. The molecule has 0 spiro atoms. The van der Waals surface area contributed by atoms with E-state index in [4.69, 9.17) is 14.2 Å². The van der Waals surface area contributed by atoms with E-state index in [0.717, 1.165) is 0 Å². The van der Waals surface area contributed by atoms with Crippen LogP contribution >= 0.6 is 0 Å². The number of aryl methyl sites for hydroxylation is 1. The first-order chi connectivity index (χ1) is 14.3. The van der Waals surface area contributed by atoms with Crippen molar-refractivity contribution in [3.8, 4) is 22.6 Å². The molecule has 0 aliphatic heterocycles. The topological polar surface area (TPSA) is 107 Å². The Balaban J connectivity index is 2.67. The first kappa shape index (κ1) is 23.0. The first-order valence-electron chi connectivity index (χ1n) is 9.76. The number of carbonyl (C=O) groups is 3. The highest BCUT2D eigenvalue weighted by molar-refractivity contribution is 6.44. The van der Waals surface area contributed by atoms with Crippen molar-refractivity contribution >= 4 is 17.7 Å². The van der Waals surface area contributed by atoms with Crippen LogP contribution in [0.15, 0.2) is 18.2 Å². The molecule has 8 nitrogen and oxygen atoms in total. The summed E-state index contributed by atoms with van der Waals surface area (Å²) in [5.41, 5.74) is 1.45. The zero-order valence-corrected chi connectivity index (χ0v) is 18.2. The van der Waals surface area contributed by atoms with E-state index in [0.29, 0.717) is 29.2 Å². The van der Waals surface area contributed by atoms with Crippen LogP contribution in [0.1, 0.15) is 53.7 Å². The molecular formula is C22H28N2O6. The average Bonchev–Trinajstić information content (AvgIpc) is 3.09. The number of hydrogen-bond donors (Lipinski definition) is 2. The van der Waals surface area contributed by atoms with Crippen LogP contribution in [0, 0.1) is 6.92 Å². The normalized spacial score (nSPS) is 11.5. The Labute approximate surface area is 175 Å². The molecule has 1 heterocycles. The Morgan fingerprint density at radius 1 is 1.10 bits per heavy atom. The summed E-state index contributed by atoms with van der Waals surface area (Å²) in [6.07, 6.45) is 0.680. The summed E-state index contributed by atoms with van der Waals surface area (Å²) in [6.45, 7) is 7.24. The minimum atomic E-state index is -0.765. The number of esters is 1. The van der Waals surface area contributed by atoms with E-state index in [1.54, 1.807) is 32.0 Å². The van der Waals surface area contributed by atoms with Gasteiger partial charge in [-0.05, 0) is 44.9 Å². The Bertz CT molecular complexity index is 947. The summed E-state index contributed by atoms with van der Waals surface area (Å²) in [4.78, 5) is 41.0. The predicted molar refractivity (Wildman–Crippen MR) is 112 cm³/mol. The van der Waals surface area contributed by atoms with E-state index in [1.807, 2.05) is 13.8 Å². The Hall–Kier alpha value is -3.29. The fourth-order valence-electron chi connectivity index (χ4n) is 3.04. The third kappa shape index (κ3) is 4.64. The lowest BCUT2D eigenvalue weighted by Crippen LogP contribution is -2.37. The zero-order valence-electron chi connectivity index (χ0n) is 18.2. The zero-order chi connectivity index (χ0) is 22.4. The number of H-pyrrole nitrogens is 1. The molecule has 2 aromatic rings. The summed E-state index contributed by atoms with van der Waals surface area (Å²) in [6, 6.07) is 4.84. The maximum Gasteiger partial charge on any atom is 0.340 e. The maximum atomic E-state index is 13.0. The van der Waals surface area contributed by atoms with Crippen molar-refractivity contribution in [2.75, 3.05) is 20.8 Å². The van der Waals surface area contributed by atoms with Crippen LogP contribution in [-0.4, -0.2) is 49.5 Å². The fourth-order valence-corrected chi connectivity index (χ4v) is 3.04. The molecule has 0 aliphatic rings. The fraction of sp³-hybridized carbons (Fsp3) is 0.409. The molecule has 0 radical (unpaired) electrons. The number of methoxy groups -OCH3 is 2. The summed E-state index contributed by atoms with van der Waals surface area (Å²) in [7, 11) is 3.00. The lowest BCUT2D eigenvalue weighted by Gasteiger charge is -2.13. The van der Waals surface area contributed by atoms with E-state index in [2.05, 4.69) is 10.3 Å². The number of ether oxygens (including phenoxy) is 3. The first-order valence-corrected chi connectivity index (χ1v) is 9.76. The molecule has 0 unspecified atom stereocenters. The van der Waals surface area contributed by atoms with Crippen LogP contribution in [0.2, 0.25) is 0 Å². The summed E-state index contributed by atoms with van der Waals surface area (Å²) in [5.74, 6) is -1.18. The van der Waals surface area contributed by atoms with Gasteiger partial charge in [0, 0.05) is 17.3 Å². The third-order valence-electron chi connectivity index (χ3n) is 4.76. The molecule has 1 atom stereocenters. The number of aromatic nitrogens is 1. The van der Waals surface area contributed by atoms with Gasteiger partial charge in [0.2, 0.25) is 0 Å². The molecule has 0 bridgehead atoms. The average molecular weight is 416 g/mol. The van der Waals surface area contributed by atoms with Gasteiger partial charge in [0.1, 0.15) is 5.69 Å². The molecule has 162 valence electrons. The molecule has 2 rings (SSSR count). The highest BCUT2D eigenvalue weighted by Crippen LogP contribution is 2.37. The van der Waals surface area contributed by atoms with Gasteiger partial charge >= 0.3 is 5.97 Å². The third-order valence-corrected chi connectivity index (χ3v) is 4.76. The van der Waals surface area contributed by atoms with Gasteiger partial charge in [0.25, 0.3) is 11.7 Å². The Morgan fingerprint density at radius 2 is 1.77 bits per heavy atom. The van der Waals surface area contributed by atoms with E-state index < -0.39 is 17.7 Å². The largest absolute Gasteiger partial charge is 0.493 e. The maximum absolute atomic E-state index is 13.0. The molecule has 1 amide bonds. The van der Waals surface area contributed by atoms with Crippen LogP contribution in [0.3, 0.4) is 0 Å². The van der Waals surface area contributed by atoms with E-state index >= 15 is 0 Å². The predicted octanol–water partition coefficient (Wildman–Crippen LogP) is 3.28. The second-order valence-corrected chi connectivity index (χ2v) is 6.78. The molecular weight excluding hydrogens is 388 g/mol. The van der Waals surface area contributed by atoms with Crippen LogP contribution < -0.4 is 14.8 Å². The second kappa shape index (κ2) is 9.96. The van der Waals surface area contributed by atoms with Gasteiger partial charge in [0.15, 0.2) is 11.5 Å². The van der Waals surface area contributed by atoms with Crippen molar-refractivity contribution in [2.24, 2.45) is 0 Å². The Kier molecular flexibility index (Phi) is 7.63. The Morgan fingerprint density at radius 3 is 2.33 bits per heavy atom.